The molecule has 0 radical (unpaired) electrons. The average Bonchev–Trinajstić information content (AvgIpc) is 3.49. The van der Waals surface area contributed by atoms with Crippen LogP contribution in [0.1, 0.15) is 205 Å². The van der Waals surface area contributed by atoms with Gasteiger partial charge >= 0.3 is 0 Å². The van der Waals surface area contributed by atoms with Crippen molar-refractivity contribution in [2.24, 2.45) is 0 Å². The minimum atomic E-state index is -0.326. The molecule has 4 aromatic carbocycles. The summed E-state index contributed by atoms with van der Waals surface area (Å²) in [5, 5.41) is 0. The highest BCUT2D eigenvalue weighted by Crippen LogP contribution is 2.42. The molecular weight excluding hydrogens is 1060 g/mol. The van der Waals surface area contributed by atoms with Crippen LogP contribution in [0.15, 0.2) is 48.5 Å². The standard InChI is InChI=1S/C70H104N4O10/c1-21-71(22-2)59(75)43-81-63-47-29-48-32-56(68(12,13)14)37-53(64(48)82-44-60(76)72(23-3)24-4)41-80-42-54-38-58(70(18,19)20)34-50(66(54)84-46-62(78)74(27-7)28-8)30-49-33-57(69(15,16)17)36-52(65(49)83-45-61(77)73(25-5)26-6)40-79-39-51(63)35-55(31-47)67(9,10)11/h31-38H,21-30,39-46H2,1-20H3. The predicted molar refractivity (Wildman–Crippen MR) is 337 cm³/mol. The number of carbonyl (C=O) groups is 4. The second-order valence-corrected chi connectivity index (χ2v) is 26.3. The van der Waals surface area contributed by atoms with Crippen LogP contribution < -0.4 is 18.9 Å². The zero-order chi connectivity index (χ0) is 62.5. The molecule has 0 spiro atoms. The Bertz CT molecular complexity index is 2500. The third-order valence-electron chi connectivity index (χ3n) is 16.1. The quantitative estimate of drug-likeness (QED) is 0.0841. The van der Waals surface area contributed by atoms with Gasteiger partial charge in [-0.05, 0) is 146 Å². The van der Waals surface area contributed by atoms with Crippen LogP contribution in [-0.2, 0) is 89.6 Å². The Morgan fingerprint density at radius 1 is 0.321 bits per heavy atom. The first-order valence-corrected chi connectivity index (χ1v) is 30.9. The number of benzene rings is 4. The number of hydrogen-bond acceptors (Lipinski definition) is 10. The molecule has 0 unspecified atom stereocenters. The van der Waals surface area contributed by atoms with E-state index in [1.165, 1.54) is 0 Å². The van der Waals surface area contributed by atoms with Gasteiger partial charge in [0.25, 0.3) is 23.6 Å². The van der Waals surface area contributed by atoms with E-state index < -0.39 is 0 Å². The number of amides is 4. The van der Waals surface area contributed by atoms with Crippen molar-refractivity contribution in [3.8, 4) is 23.0 Å². The first-order valence-electron chi connectivity index (χ1n) is 30.9. The highest BCUT2D eigenvalue weighted by atomic mass is 16.5. The number of likely N-dealkylation sites (N-methyl/N-ethyl adjacent to an activating group) is 4. The molecule has 0 saturated heterocycles. The largest absolute Gasteiger partial charge is 0.483 e. The van der Waals surface area contributed by atoms with Gasteiger partial charge in [0, 0.05) is 87.5 Å². The summed E-state index contributed by atoms with van der Waals surface area (Å²) in [5.74, 6) is 1.60. The van der Waals surface area contributed by atoms with E-state index in [4.69, 9.17) is 28.4 Å². The zero-order valence-corrected chi connectivity index (χ0v) is 55.2. The number of fused-ring (bicyclic) bond motifs is 8. The van der Waals surface area contributed by atoms with E-state index in [2.05, 4.69) is 132 Å². The number of hydrogen-bond donors (Lipinski definition) is 0. The van der Waals surface area contributed by atoms with Crippen molar-refractivity contribution < 1.29 is 47.6 Å². The van der Waals surface area contributed by atoms with Crippen LogP contribution in [0.3, 0.4) is 0 Å². The Balaban J connectivity index is 1.93. The summed E-state index contributed by atoms with van der Waals surface area (Å²) in [7, 11) is 0. The molecule has 464 valence electrons. The van der Waals surface area contributed by atoms with E-state index in [9.17, 15) is 19.2 Å². The minimum Gasteiger partial charge on any atom is -0.483 e. The summed E-state index contributed by atoms with van der Waals surface area (Å²) < 4.78 is 41.3. The summed E-state index contributed by atoms with van der Waals surface area (Å²) in [6, 6.07) is 17.2. The van der Waals surface area contributed by atoms with Gasteiger partial charge in [-0.1, -0.05) is 107 Å². The second kappa shape index (κ2) is 29.8. The van der Waals surface area contributed by atoms with Crippen molar-refractivity contribution in [3.63, 3.8) is 0 Å². The lowest BCUT2D eigenvalue weighted by atomic mass is 9.82. The van der Waals surface area contributed by atoms with Gasteiger partial charge in [0.15, 0.2) is 26.4 Å². The molecule has 0 aliphatic carbocycles. The molecule has 0 saturated carbocycles. The Morgan fingerprint density at radius 3 is 0.643 bits per heavy atom. The van der Waals surface area contributed by atoms with Crippen LogP contribution in [0.5, 0.6) is 23.0 Å². The van der Waals surface area contributed by atoms with Gasteiger partial charge in [0.2, 0.25) is 0 Å². The molecule has 14 heteroatoms. The smallest absolute Gasteiger partial charge is 0.260 e. The lowest BCUT2D eigenvalue weighted by Gasteiger charge is -2.28. The Labute approximate surface area is 505 Å². The average molecular weight is 1160 g/mol. The summed E-state index contributed by atoms with van der Waals surface area (Å²) in [6.45, 7) is 45.7. The van der Waals surface area contributed by atoms with Crippen molar-refractivity contribution >= 4 is 23.6 Å². The lowest BCUT2D eigenvalue weighted by molar-refractivity contribution is -0.133. The van der Waals surface area contributed by atoms with Gasteiger partial charge in [-0.2, -0.15) is 0 Å². The molecule has 4 amide bonds. The topological polar surface area (TPSA) is 137 Å². The van der Waals surface area contributed by atoms with Gasteiger partial charge in [-0.25, -0.2) is 0 Å². The fourth-order valence-corrected chi connectivity index (χ4v) is 10.6. The molecule has 0 aromatic heterocycles. The van der Waals surface area contributed by atoms with E-state index >= 15 is 0 Å². The van der Waals surface area contributed by atoms with Gasteiger partial charge in [0.05, 0.1) is 26.4 Å². The highest BCUT2D eigenvalue weighted by Gasteiger charge is 2.30. The van der Waals surface area contributed by atoms with Crippen molar-refractivity contribution in [1.82, 2.24) is 19.6 Å². The van der Waals surface area contributed by atoms with E-state index in [0.29, 0.717) is 88.2 Å². The van der Waals surface area contributed by atoms with E-state index in [1.807, 2.05) is 55.4 Å². The number of ether oxygens (including phenoxy) is 6. The first kappa shape index (κ1) is 68.7. The fraction of sp³-hybridized carbons (Fsp3) is 0.600. The summed E-state index contributed by atoms with van der Waals surface area (Å²) in [4.78, 5) is 62.7. The molecule has 14 nitrogen and oxygen atoms in total. The van der Waals surface area contributed by atoms with Gasteiger partial charge in [0.1, 0.15) is 23.0 Å². The van der Waals surface area contributed by atoms with Crippen LogP contribution in [0.2, 0.25) is 0 Å². The van der Waals surface area contributed by atoms with Crippen LogP contribution in [0.4, 0.5) is 0 Å². The van der Waals surface area contributed by atoms with Crippen LogP contribution in [0.25, 0.3) is 0 Å². The minimum absolute atomic E-state index is 0.0942. The van der Waals surface area contributed by atoms with Crippen LogP contribution in [-0.4, -0.2) is 122 Å². The van der Waals surface area contributed by atoms with Gasteiger partial charge in [-0.15, -0.1) is 0 Å². The first-order chi connectivity index (χ1) is 39.5. The molecular formula is C70H104N4O10. The highest BCUT2D eigenvalue weighted by molar-refractivity contribution is 5.79. The Kier molecular flexibility index (Phi) is 24.4. The van der Waals surface area contributed by atoms with Gasteiger partial charge < -0.3 is 48.0 Å². The van der Waals surface area contributed by atoms with E-state index in [1.54, 1.807) is 19.6 Å². The number of carbonyl (C=O) groups excluding carboxylic acids is 4. The lowest BCUT2D eigenvalue weighted by Crippen LogP contribution is -2.35. The fourth-order valence-electron chi connectivity index (χ4n) is 10.6. The summed E-state index contributed by atoms with van der Waals surface area (Å²) in [5.41, 5.74) is 9.18. The molecule has 84 heavy (non-hydrogen) atoms. The third-order valence-corrected chi connectivity index (χ3v) is 16.1. The predicted octanol–water partition coefficient (Wildman–Crippen LogP) is 12.8. The normalized spacial score (nSPS) is 13.4. The SMILES string of the molecule is CCN(CC)C(=O)COc1c2cc(C(C)(C)C)cc1Cc1cc(C(C)(C)C)cc(c1OCC(=O)N(CC)CC)COCc1cc(C(C)(C)C)cc(c1OCC(=O)N(CC)CC)Cc1cc(C(C)(C)C)cc(c1OCC(=O)N(CC)CC)COC2. The van der Waals surface area contributed by atoms with Crippen molar-refractivity contribution in [3.05, 3.63) is 115 Å². The molecule has 1 aliphatic heterocycles. The molecule has 1 heterocycles. The maximum absolute atomic E-state index is 13.9. The van der Waals surface area contributed by atoms with Crippen LogP contribution >= 0.6 is 0 Å². The maximum atomic E-state index is 13.9. The Morgan fingerprint density at radius 2 is 0.488 bits per heavy atom. The molecule has 5 rings (SSSR count). The second-order valence-electron chi connectivity index (χ2n) is 26.3. The molecule has 0 fully saturated rings. The third kappa shape index (κ3) is 18.0. The number of rotatable bonds is 20. The summed E-state index contributed by atoms with van der Waals surface area (Å²) >= 11 is 0. The maximum Gasteiger partial charge on any atom is 0.260 e. The van der Waals surface area contributed by atoms with Crippen molar-refractivity contribution in [2.75, 3.05) is 78.8 Å². The Hall–Kier alpha value is -6.12. The number of nitrogens with zero attached hydrogens (tertiary/aromatic N) is 4. The van der Waals surface area contributed by atoms with E-state index in [-0.39, 0.29) is 98.1 Å². The van der Waals surface area contributed by atoms with E-state index in [0.717, 1.165) is 66.8 Å². The molecule has 4 aromatic rings. The molecule has 0 N–H and O–H groups in total. The summed E-state index contributed by atoms with van der Waals surface area (Å²) in [6.07, 6.45) is 0.616. The van der Waals surface area contributed by atoms with Crippen LogP contribution in [0, 0.1) is 0 Å². The van der Waals surface area contributed by atoms with Gasteiger partial charge in [-0.3, -0.25) is 19.2 Å². The zero-order valence-electron chi connectivity index (χ0n) is 55.2. The van der Waals surface area contributed by atoms with Crippen molar-refractivity contribution in [2.45, 2.75) is 199 Å². The molecule has 0 atom stereocenters. The molecule has 1 aliphatic rings. The molecule has 8 bridgehead atoms. The monoisotopic (exact) mass is 1160 g/mol. The van der Waals surface area contributed by atoms with Crippen molar-refractivity contribution in [1.29, 1.82) is 0 Å².